The minimum Gasteiger partial charge on any atom is -0.381 e. The summed E-state index contributed by atoms with van der Waals surface area (Å²) in [7, 11) is 1.76. The van der Waals surface area contributed by atoms with Crippen LogP contribution in [0.3, 0.4) is 0 Å². The molecule has 1 aromatic rings. The van der Waals surface area contributed by atoms with Crippen molar-refractivity contribution in [3.05, 3.63) is 35.9 Å². The molecule has 0 bridgehead atoms. The minimum absolute atomic E-state index is 0.0961. The Labute approximate surface area is 140 Å². The summed E-state index contributed by atoms with van der Waals surface area (Å²) in [5, 5.41) is 3.12. The van der Waals surface area contributed by atoms with Crippen LogP contribution in [0.2, 0.25) is 0 Å². The summed E-state index contributed by atoms with van der Waals surface area (Å²) in [6.07, 6.45) is 2.53. The third kappa shape index (κ3) is 6.53. The molecular weight excluding hydrogens is 288 g/mol. The summed E-state index contributed by atoms with van der Waals surface area (Å²) in [6.45, 7) is 7.50. The molecule has 0 aromatic heterocycles. The number of carbonyl (C=O) groups excluding carboxylic acids is 1. The van der Waals surface area contributed by atoms with E-state index in [-0.39, 0.29) is 11.9 Å². The first-order valence-electron chi connectivity index (χ1n) is 8.56. The third-order valence-corrected chi connectivity index (χ3v) is 4.02. The van der Waals surface area contributed by atoms with Crippen LogP contribution >= 0.6 is 0 Å². The highest BCUT2D eigenvalue weighted by atomic mass is 16.5. The van der Waals surface area contributed by atoms with E-state index in [0.717, 1.165) is 37.3 Å². The van der Waals surface area contributed by atoms with Gasteiger partial charge in [-0.1, -0.05) is 44.2 Å². The van der Waals surface area contributed by atoms with Gasteiger partial charge in [0, 0.05) is 32.4 Å². The van der Waals surface area contributed by atoms with Crippen LogP contribution in [0.5, 0.6) is 0 Å². The van der Waals surface area contributed by atoms with Crippen LogP contribution in [0.25, 0.3) is 0 Å². The second-order valence-electron chi connectivity index (χ2n) is 5.54. The lowest BCUT2D eigenvalue weighted by Crippen LogP contribution is -2.34. The van der Waals surface area contributed by atoms with Gasteiger partial charge in [0.15, 0.2) is 0 Å². The second-order valence-corrected chi connectivity index (χ2v) is 5.54. The number of aliphatic imine (C=N–C) groups is 1. The molecular formula is C19H30N2O2. The summed E-state index contributed by atoms with van der Waals surface area (Å²) >= 11 is 0. The minimum atomic E-state index is -0.136. The molecule has 0 spiro atoms. The van der Waals surface area contributed by atoms with Crippen LogP contribution in [-0.4, -0.2) is 31.9 Å². The van der Waals surface area contributed by atoms with E-state index in [1.165, 1.54) is 0 Å². The zero-order chi connectivity index (χ0) is 17.1. The molecule has 0 radical (unpaired) electrons. The van der Waals surface area contributed by atoms with Gasteiger partial charge in [-0.25, -0.2) is 0 Å². The van der Waals surface area contributed by atoms with Crippen molar-refractivity contribution in [3.8, 4) is 0 Å². The molecule has 1 N–H and O–H groups in total. The molecule has 1 atom stereocenters. The normalized spacial score (nSPS) is 17.0. The van der Waals surface area contributed by atoms with Crippen LogP contribution < -0.4 is 5.32 Å². The second kappa shape index (κ2) is 10.9. The van der Waals surface area contributed by atoms with Gasteiger partial charge in [0.1, 0.15) is 0 Å². The number of hydrogen-bond donors (Lipinski definition) is 1. The maximum Gasteiger partial charge on any atom is 0.221 e. The third-order valence-electron chi connectivity index (χ3n) is 4.02. The number of carbonyl (C=O) groups is 1. The summed E-state index contributed by atoms with van der Waals surface area (Å²) in [5.74, 6) is 0.535. The van der Waals surface area contributed by atoms with Gasteiger partial charge in [-0.05, 0) is 31.2 Å². The monoisotopic (exact) mass is 318 g/mol. The van der Waals surface area contributed by atoms with Crippen molar-refractivity contribution in [3.63, 3.8) is 0 Å². The van der Waals surface area contributed by atoms with Crippen molar-refractivity contribution in [1.29, 1.82) is 0 Å². The molecule has 128 valence electrons. The Hall–Kier alpha value is -1.68. The SMILES string of the molecule is CC.CN=C(C)C(NC(=O)CC1CCOCC1)c1ccccc1. The van der Waals surface area contributed by atoms with E-state index in [9.17, 15) is 4.79 Å². The topological polar surface area (TPSA) is 50.7 Å². The van der Waals surface area contributed by atoms with Crippen molar-refractivity contribution in [2.75, 3.05) is 20.3 Å². The number of amides is 1. The molecule has 1 fully saturated rings. The van der Waals surface area contributed by atoms with Crippen LogP contribution in [0.4, 0.5) is 0 Å². The fourth-order valence-electron chi connectivity index (χ4n) is 2.64. The van der Waals surface area contributed by atoms with Crippen molar-refractivity contribution in [2.24, 2.45) is 10.9 Å². The van der Waals surface area contributed by atoms with Crippen molar-refractivity contribution in [1.82, 2.24) is 5.32 Å². The van der Waals surface area contributed by atoms with Gasteiger partial charge < -0.3 is 10.1 Å². The van der Waals surface area contributed by atoms with Crippen LogP contribution in [-0.2, 0) is 9.53 Å². The molecule has 4 nitrogen and oxygen atoms in total. The molecule has 1 aliphatic heterocycles. The molecule has 1 aliphatic rings. The maximum atomic E-state index is 12.3. The fraction of sp³-hybridized carbons (Fsp3) is 0.579. The van der Waals surface area contributed by atoms with Gasteiger partial charge in [-0.3, -0.25) is 9.79 Å². The molecule has 0 saturated carbocycles. The number of nitrogens with zero attached hydrogens (tertiary/aromatic N) is 1. The predicted molar refractivity (Wildman–Crippen MR) is 95.9 cm³/mol. The first-order valence-corrected chi connectivity index (χ1v) is 8.56. The zero-order valence-corrected chi connectivity index (χ0v) is 14.8. The van der Waals surface area contributed by atoms with Gasteiger partial charge in [0.05, 0.1) is 6.04 Å². The molecule has 1 aromatic carbocycles. The summed E-state index contributed by atoms with van der Waals surface area (Å²) in [4.78, 5) is 16.6. The van der Waals surface area contributed by atoms with Crippen molar-refractivity contribution in [2.45, 2.75) is 46.1 Å². The molecule has 0 aliphatic carbocycles. The van der Waals surface area contributed by atoms with E-state index in [0.29, 0.717) is 12.3 Å². The maximum absolute atomic E-state index is 12.3. The number of benzene rings is 1. The lowest BCUT2D eigenvalue weighted by molar-refractivity contribution is -0.123. The summed E-state index contributed by atoms with van der Waals surface area (Å²) in [6, 6.07) is 9.85. The first kappa shape index (κ1) is 19.4. The predicted octanol–water partition coefficient (Wildman–Crippen LogP) is 3.78. The van der Waals surface area contributed by atoms with Crippen molar-refractivity contribution < 1.29 is 9.53 Å². The van der Waals surface area contributed by atoms with E-state index < -0.39 is 0 Å². The smallest absolute Gasteiger partial charge is 0.221 e. The summed E-state index contributed by atoms with van der Waals surface area (Å²) < 4.78 is 5.34. The van der Waals surface area contributed by atoms with E-state index in [1.807, 2.05) is 51.1 Å². The van der Waals surface area contributed by atoms with Crippen LogP contribution in [0, 0.1) is 5.92 Å². The highest BCUT2D eigenvalue weighted by Crippen LogP contribution is 2.20. The van der Waals surface area contributed by atoms with E-state index >= 15 is 0 Å². The highest BCUT2D eigenvalue weighted by Gasteiger charge is 2.21. The van der Waals surface area contributed by atoms with Gasteiger partial charge in [0.25, 0.3) is 0 Å². The van der Waals surface area contributed by atoms with Gasteiger partial charge in [-0.15, -0.1) is 0 Å². The van der Waals surface area contributed by atoms with Gasteiger partial charge >= 0.3 is 0 Å². The first-order chi connectivity index (χ1) is 11.2. The number of ether oxygens (including phenoxy) is 1. The Morgan fingerprint density at radius 3 is 2.43 bits per heavy atom. The fourth-order valence-corrected chi connectivity index (χ4v) is 2.64. The Morgan fingerprint density at radius 1 is 1.26 bits per heavy atom. The number of rotatable bonds is 5. The molecule has 2 rings (SSSR count). The van der Waals surface area contributed by atoms with Crippen LogP contribution in [0.15, 0.2) is 35.3 Å². The average molecular weight is 318 g/mol. The average Bonchev–Trinajstić information content (AvgIpc) is 2.62. The van der Waals surface area contributed by atoms with E-state index in [1.54, 1.807) is 7.05 Å². The Balaban J connectivity index is 0.00000127. The lowest BCUT2D eigenvalue weighted by Gasteiger charge is -2.24. The molecule has 1 saturated heterocycles. The number of hydrogen-bond acceptors (Lipinski definition) is 3. The largest absolute Gasteiger partial charge is 0.381 e. The van der Waals surface area contributed by atoms with Crippen LogP contribution in [0.1, 0.15) is 51.6 Å². The van der Waals surface area contributed by atoms with E-state index in [4.69, 9.17) is 4.74 Å². The molecule has 1 unspecified atom stereocenters. The molecule has 4 heteroatoms. The number of nitrogens with one attached hydrogen (secondary N) is 1. The molecule has 1 amide bonds. The summed E-state index contributed by atoms with van der Waals surface area (Å²) in [5.41, 5.74) is 1.99. The standard InChI is InChI=1S/C17H24N2O2.C2H6/c1-13(18-2)17(15-6-4-3-5-7-15)19-16(20)12-14-8-10-21-11-9-14;1-2/h3-7,14,17H,8-12H2,1-2H3,(H,19,20);1-2H3. The Bertz CT molecular complexity index is 479. The molecule has 1 heterocycles. The van der Waals surface area contributed by atoms with E-state index in [2.05, 4.69) is 10.3 Å². The molecule has 23 heavy (non-hydrogen) atoms. The van der Waals surface area contributed by atoms with Gasteiger partial charge in [-0.2, -0.15) is 0 Å². The Morgan fingerprint density at radius 2 is 1.87 bits per heavy atom. The van der Waals surface area contributed by atoms with Crippen molar-refractivity contribution >= 4 is 11.6 Å². The lowest BCUT2D eigenvalue weighted by atomic mass is 9.95. The van der Waals surface area contributed by atoms with Gasteiger partial charge in [0.2, 0.25) is 5.91 Å². The zero-order valence-electron chi connectivity index (χ0n) is 14.8. The highest BCUT2D eigenvalue weighted by molar-refractivity contribution is 5.92. The Kier molecular flexibility index (Phi) is 9.22. The quantitative estimate of drug-likeness (QED) is 0.840.